The number of hydrogen-bond acceptors (Lipinski definition) is 4. The van der Waals surface area contributed by atoms with Crippen LogP contribution in [0.1, 0.15) is 5.56 Å². The Hall–Kier alpha value is -2.08. The van der Waals surface area contributed by atoms with Crippen molar-refractivity contribution < 1.29 is 0 Å². The van der Waals surface area contributed by atoms with Crippen LogP contribution in [0.25, 0.3) is 5.78 Å². The fraction of sp³-hybridized carbons (Fsp3) is 0.0909. The maximum absolute atomic E-state index is 5.33. The molecule has 0 atom stereocenters. The fourth-order valence-electron chi connectivity index (χ4n) is 1.64. The van der Waals surface area contributed by atoms with Crippen LogP contribution in [0.3, 0.4) is 0 Å². The number of rotatable bonds is 2. The van der Waals surface area contributed by atoms with Gasteiger partial charge in [-0.25, -0.2) is 4.98 Å². The van der Waals surface area contributed by atoms with Crippen LogP contribution in [0, 0.1) is 4.77 Å². The molecule has 0 unspecified atom stereocenters. The summed E-state index contributed by atoms with van der Waals surface area (Å²) in [5.41, 5.74) is 1.17. The monoisotopic (exact) mass is 243 g/mol. The number of nitrogens with zero attached hydrogens (tertiary/aromatic N) is 5. The summed E-state index contributed by atoms with van der Waals surface area (Å²) in [7, 11) is 0. The Kier molecular flexibility index (Phi) is 2.41. The average molecular weight is 243 g/mol. The molecule has 17 heavy (non-hydrogen) atoms. The lowest BCUT2D eigenvalue weighted by atomic mass is 10.2. The van der Waals surface area contributed by atoms with Gasteiger partial charge in [-0.05, 0) is 17.8 Å². The highest BCUT2D eigenvalue weighted by Crippen LogP contribution is 2.03. The van der Waals surface area contributed by atoms with Crippen molar-refractivity contribution in [3.8, 4) is 0 Å². The smallest absolute Gasteiger partial charge is 0.256 e. The molecular weight excluding hydrogens is 234 g/mol. The molecule has 0 N–H and O–H groups in total. The first-order valence-corrected chi connectivity index (χ1v) is 5.54. The van der Waals surface area contributed by atoms with Crippen LogP contribution in [-0.2, 0) is 6.54 Å². The normalized spacial score (nSPS) is 10.8. The first-order valence-electron chi connectivity index (χ1n) is 5.14. The first-order chi connectivity index (χ1) is 8.34. The fourth-order valence-corrected chi connectivity index (χ4v) is 1.88. The molecule has 0 fully saturated rings. The molecule has 84 valence electrons. The van der Waals surface area contributed by atoms with E-state index >= 15 is 0 Å². The van der Waals surface area contributed by atoms with E-state index in [1.165, 1.54) is 11.9 Å². The predicted molar refractivity (Wildman–Crippen MR) is 65.2 cm³/mol. The molecule has 2 heterocycles. The Balaban J connectivity index is 2.07. The Morgan fingerprint density at radius 1 is 1.12 bits per heavy atom. The maximum Gasteiger partial charge on any atom is 0.256 e. The van der Waals surface area contributed by atoms with Crippen molar-refractivity contribution in [1.82, 2.24) is 24.1 Å². The third-order valence-corrected chi connectivity index (χ3v) is 2.87. The van der Waals surface area contributed by atoms with Gasteiger partial charge < -0.3 is 4.57 Å². The van der Waals surface area contributed by atoms with E-state index in [2.05, 4.69) is 15.1 Å². The Bertz CT molecular complexity index is 700. The second kappa shape index (κ2) is 4.06. The Morgan fingerprint density at radius 2 is 1.94 bits per heavy atom. The van der Waals surface area contributed by atoms with Gasteiger partial charge in [-0.3, -0.25) is 0 Å². The van der Waals surface area contributed by atoms with Gasteiger partial charge in [-0.1, -0.05) is 30.3 Å². The predicted octanol–water partition coefficient (Wildman–Crippen LogP) is 1.70. The lowest BCUT2D eigenvalue weighted by molar-refractivity contribution is 0.690. The van der Waals surface area contributed by atoms with Gasteiger partial charge in [0.15, 0.2) is 0 Å². The van der Waals surface area contributed by atoms with Gasteiger partial charge in [0.1, 0.15) is 12.7 Å². The minimum absolute atomic E-state index is 0.527. The maximum atomic E-state index is 5.33. The van der Waals surface area contributed by atoms with E-state index in [4.69, 9.17) is 12.2 Å². The molecular formula is C11H9N5S. The molecule has 3 aromatic rings. The van der Waals surface area contributed by atoms with Gasteiger partial charge in [0.05, 0.1) is 6.54 Å². The van der Waals surface area contributed by atoms with Crippen LogP contribution in [0.2, 0.25) is 0 Å². The van der Waals surface area contributed by atoms with Gasteiger partial charge in [-0.2, -0.15) is 14.6 Å². The third kappa shape index (κ3) is 1.83. The van der Waals surface area contributed by atoms with E-state index in [0.717, 1.165) is 0 Å². The molecule has 3 rings (SSSR count). The molecule has 0 radical (unpaired) electrons. The number of fused-ring (bicyclic) bond motifs is 1. The third-order valence-electron chi connectivity index (χ3n) is 2.46. The topological polar surface area (TPSA) is 48.0 Å². The largest absolute Gasteiger partial charge is 0.303 e. The van der Waals surface area contributed by atoms with E-state index in [9.17, 15) is 0 Å². The van der Waals surface area contributed by atoms with Crippen LogP contribution in [-0.4, -0.2) is 24.1 Å². The minimum Gasteiger partial charge on any atom is -0.303 e. The van der Waals surface area contributed by atoms with Crippen molar-refractivity contribution in [3.05, 3.63) is 53.3 Å². The molecule has 0 amide bonds. The minimum atomic E-state index is 0.527. The van der Waals surface area contributed by atoms with E-state index in [0.29, 0.717) is 17.1 Å². The van der Waals surface area contributed by atoms with E-state index in [1.54, 1.807) is 10.8 Å². The van der Waals surface area contributed by atoms with E-state index < -0.39 is 0 Å². The molecule has 1 aromatic carbocycles. The summed E-state index contributed by atoms with van der Waals surface area (Å²) in [5.74, 6) is 0.527. The molecule has 0 bridgehead atoms. The summed E-state index contributed by atoms with van der Waals surface area (Å²) in [6, 6.07) is 10.1. The zero-order valence-electron chi connectivity index (χ0n) is 8.89. The van der Waals surface area contributed by atoms with Crippen LogP contribution >= 0.6 is 12.2 Å². The second-order valence-corrected chi connectivity index (χ2v) is 3.98. The summed E-state index contributed by atoms with van der Waals surface area (Å²) in [6.07, 6.45) is 3.14. The van der Waals surface area contributed by atoms with Gasteiger partial charge in [0.25, 0.3) is 5.78 Å². The molecule has 2 aromatic heterocycles. The summed E-state index contributed by atoms with van der Waals surface area (Å²) in [5, 5.41) is 4.04. The van der Waals surface area contributed by atoms with Crippen LogP contribution in [0.15, 0.2) is 43.0 Å². The lowest BCUT2D eigenvalue weighted by Gasteiger charge is -2.06. The zero-order chi connectivity index (χ0) is 11.7. The van der Waals surface area contributed by atoms with Crippen molar-refractivity contribution in [2.45, 2.75) is 6.54 Å². The standard InChI is InChI=1S/C11H9N5S/c17-11-15(6-9-4-2-1-3-5-9)8-13-10-12-7-14-16(10)11/h1-5,7-8H,6H2. The van der Waals surface area contributed by atoms with Crippen molar-refractivity contribution in [2.24, 2.45) is 0 Å². The molecule has 0 aliphatic carbocycles. The van der Waals surface area contributed by atoms with Crippen LogP contribution in [0.4, 0.5) is 0 Å². The molecule has 0 saturated carbocycles. The van der Waals surface area contributed by atoms with E-state index in [1.807, 2.05) is 34.9 Å². The lowest BCUT2D eigenvalue weighted by Crippen LogP contribution is -2.08. The summed E-state index contributed by atoms with van der Waals surface area (Å²) >= 11 is 5.33. The van der Waals surface area contributed by atoms with Crippen LogP contribution in [0.5, 0.6) is 0 Å². The van der Waals surface area contributed by atoms with Gasteiger partial charge in [0, 0.05) is 0 Å². The Labute approximate surface area is 102 Å². The number of hydrogen-bond donors (Lipinski definition) is 0. The molecule has 0 spiro atoms. The molecule has 5 nitrogen and oxygen atoms in total. The number of aromatic nitrogens is 5. The quantitative estimate of drug-likeness (QED) is 0.643. The van der Waals surface area contributed by atoms with Gasteiger partial charge >= 0.3 is 0 Å². The molecule has 6 heteroatoms. The van der Waals surface area contributed by atoms with Crippen LogP contribution < -0.4 is 0 Å². The highest BCUT2D eigenvalue weighted by molar-refractivity contribution is 7.71. The summed E-state index contributed by atoms with van der Waals surface area (Å²) in [6.45, 7) is 0.683. The summed E-state index contributed by atoms with van der Waals surface area (Å²) in [4.78, 5) is 8.17. The SMILES string of the molecule is S=c1n(Cc2ccccc2)cnc2ncnn12. The summed E-state index contributed by atoms with van der Waals surface area (Å²) < 4.78 is 4.02. The van der Waals surface area contributed by atoms with Crippen molar-refractivity contribution in [3.63, 3.8) is 0 Å². The highest BCUT2D eigenvalue weighted by Gasteiger charge is 2.02. The van der Waals surface area contributed by atoms with Gasteiger partial charge in [0.2, 0.25) is 4.77 Å². The van der Waals surface area contributed by atoms with Crippen molar-refractivity contribution in [2.75, 3.05) is 0 Å². The first kappa shape index (κ1) is 10.1. The average Bonchev–Trinajstić information content (AvgIpc) is 2.83. The highest BCUT2D eigenvalue weighted by atomic mass is 32.1. The molecule has 0 saturated heterocycles. The van der Waals surface area contributed by atoms with Crippen molar-refractivity contribution in [1.29, 1.82) is 0 Å². The number of benzene rings is 1. The molecule has 0 aliphatic heterocycles. The molecule has 0 aliphatic rings. The van der Waals surface area contributed by atoms with E-state index in [-0.39, 0.29) is 0 Å². The zero-order valence-corrected chi connectivity index (χ0v) is 9.71. The van der Waals surface area contributed by atoms with Gasteiger partial charge in [-0.15, -0.1) is 0 Å². The van der Waals surface area contributed by atoms with Crippen molar-refractivity contribution >= 4 is 18.0 Å². The second-order valence-electron chi connectivity index (χ2n) is 3.61. The Morgan fingerprint density at radius 3 is 2.76 bits per heavy atom.